The molecule has 0 aliphatic carbocycles. The van der Waals surface area contributed by atoms with Crippen LogP contribution in [0, 0.1) is 5.92 Å². The van der Waals surface area contributed by atoms with Crippen molar-refractivity contribution in [1.29, 1.82) is 0 Å². The van der Waals surface area contributed by atoms with Gasteiger partial charge in [-0.3, -0.25) is 9.35 Å². The van der Waals surface area contributed by atoms with Crippen molar-refractivity contribution in [3.63, 3.8) is 0 Å². The maximum absolute atomic E-state index is 11.8. The van der Waals surface area contributed by atoms with E-state index in [-0.39, 0.29) is 12.3 Å². The van der Waals surface area contributed by atoms with Gasteiger partial charge in [-0.25, -0.2) is 0 Å². The van der Waals surface area contributed by atoms with Gasteiger partial charge in [0.2, 0.25) is 0 Å². The fourth-order valence-corrected chi connectivity index (χ4v) is 3.41. The molecule has 2 unspecified atom stereocenters. The lowest BCUT2D eigenvalue weighted by Gasteiger charge is -2.21. The van der Waals surface area contributed by atoms with Crippen LogP contribution in [0.15, 0.2) is 12.7 Å². The van der Waals surface area contributed by atoms with Crippen LogP contribution in [0.3, 0.4) is 0 Å². The van der Waals surface area contributed by atoms with Gasteiger partial charge in [-0.15, -0.1) is 0 Å². The molecule has 5 nitrogen and oxygen atoms in total. The number of allylic oxidation sites excluding steroid dienone is 1. The molecule has 21 heavy (non-hydrogen) atoms. The van der Waals surface area contributed by atoms with Gasteiger partial charge in [0.05, 0.1) is 0 Å². The lowest BCUT2D eigenvalue weighted by atomic mass is 9.92. The van der Waals surface area contributed by atoms with Crippen LogP contribution in [0.1, 0.15) is 58.3 Å². The van der Waals surface area contributed by atoms with Gasteiger partial charge in [-0.1, -0.05) is 58.4 Å². The largest absolute Gasteiger partial charge is 0.329 e. The topological polar surface area (TPSA) is 97.5 Å². The first kappa shape index (κ1) is 20.3. The Kier molecular flexibility index (Phi) is 10.6. The number of nitrogens with two attached hydrogens (primary N) is 1. The summed E-state index contributed by atoms with van der Waals surface area (Å²) < 4.78 is 31.8. The van der Waals surface area contributed by atoms with Gasteiger partial charge < -0.3 is 5.73 Å². The van der Waals surface area contributed by atoms with E-state index in [1.807, 2.05) is 0 Å². The summed E-state index contributed by atoms with van der Waals surface area (Å²) in [5.41, 5.74) is 5.41. The summed E-state index contributed by atoms with van der Waals surface area (Å²) in [4.78, 5) is 11.8. The Labute approximate surface area is 128 Å². The highest BCUT2D eigenvalue weighted by molar-refractivity contribution is 7.86. The third-order valence-electron chi connectivity index (χ3n) is 3.75. The predicted octanol–water partition coefficient (Wildman–Crippen LogP) is 2.71. The number of ketones is 1. The van der Waals surface area contributed by atoms with E-state index in [9.17, 15) is 17.8 Å². The second-order valence-electron chi connectivity index (χ2n) is 5.41. The van der Waals surface area contributed by atoms with Crippen LogP contribution in [0.5, 0.6) is 0 Å². The quantitative estimate of drug-likeness (QED) is 0.309. The molecule has 0 aromatic heterocycles. The van der Waals surface area contributed by atoms with E-state index in [1.165, 1.54) is 19.3 Å². The van der Waals surface area contributed by atoms with Crippen molar-refractivity contribution < 1.29 is 17.8 Å². The first-order valence-corrected chi connectivity index (χ1v) is 9.21. The summed E-state index contributed by atoms with van der Waals surface area (Å²) in [6, 6.07) is 0. The van der Waals surface area contributed by atoms with Crippen LogP contribution >= 0.6 is 0 Å². The SMILES string of the molecule is C=CC(=O)C(CCCCCCCCC)C(CN)S(=O)(=O)O. The molecule has 0 saturated carbocycles. The molecule has 0 rings (SSSR count). The Morgan fingerprint density at radius 3 is 2.14 bits per heavy atom. The number of carbonyl (C=O) groups excluding carboxylic acids is 1. The first-order valence-electron chi connectivity index (χ1n) is 7.71. The maximum atomic E-state index is 11.8. The summed E-state index contributed by atoms with van der Waals surface area (Å²) in [5, 5.41) is -1.23. The highest BCUT2D eigenvalue weighted by Gasteiger charge is 2.34. The minimum Gasteiger partial charge on any atom is -0.329 e. The third-order valence-corrected chi connectivity index (χ3v) is 5.04. The Morgan fingerprint density at radius 1 is 1.19 bits per heavy atom. The Balaban J connectivity index is 4.39. The zero-order valence-corrected chi connectivity index (χ0v) is 13.8. The lowest BCUT2D eigenvalue weighted by Crippen LogP contribution is -2.40. The fraction of sp³-hybridized carbons (Fsp3) is 0.800. The number of rotatable bonds is 13. The molecule has 0 aliphatic rings. The van der Waals surface area contributed by atoms with Crippen molar-refractivity contribution in [1.82, 2.24) is 0 Å². The number of unbranched alkanes of at least 4 members (excludes halogenated alkanes) is 6. The van der Waals surface area contributed by atoms with E-state index in [0.29, 0.717) is 6.42 Å². The maximum Gasteiger partial charge on any atom is 0.269 e. The monoisotopic (exact) mass is 319 g/mol. The molecule has 124 valence electrons. The smallest absolute Gasteiger partial charge is 0.269 e. The van der Waals surface area contributed by atoms with Crippen LogP contribution in [-0.2, 0) is 14.9 Å². The van der Waals surface area contributed by atoms with Crippen molar-refractivity contribution in [2.45, 2.75) is 63.5 Å². The molecular formula is C15H29NO4S. The summed E-state index contributed by atoms with van der Waals surface area (Å²) >= 11 is 0. The van der Waals surface area contributed by atoms with E-state index in [4.69, 9.17) is 5.73 Å². The molecule has 0 aromatic carbocycles. The summed E-state index contributed by atoms with van der Waals surface area (Å²) in [6.45, 7) is 5.29. The van der Waals surface area contributed by atoms with E-state index < -0.39 is 21.3 Å². The van der Waals surface area contributed by atoms with Gasteiger partial charge in [0, 0.05) is 12.5 Å². The van der Waals surface area contributed by atoms with E-state index in [0.717, 1.165) is 31.8 Å². The molecule has 0 spiro atoms. The molecule has 0 bridgehead atoms. The van der Waals surface area contributed by atoms with E-state index in [1.54, 1.807) is 0 Å². The van der Waals surface area contributed by atoms with Gasteiger partial charge in [-0.2, -0.15) is 8.42 Å². The van der Waals surface area contributed by atoms with Crippen molar-refractivity contribution in [2.75, 3.05) is 6.54 Å². The lowest BCUT2D eigenvalue weighted by molar-refractivity contribution is -0.118. The van der Waals surface area contributed by atoms with Gasteiger partial charge >= 0.3 is 0 Å². The van der Waals surface area contributed by atoms with Crippen LogP contribution < -0.4 is 5.73 Å². The minimum absolute atomic E-state index is 0.264. The molecule has 3 N–H and O–H groups in total. The predicted molar refractivity (Wildman–Crippen MR) is 85.7 cm³/mol. The highest BCUT2D eigenvalue weighted by atomic mass is 32.2. The molecule has 0 aliphatic heterocycles. The molecule has 0 radical (unpaired) electrons. The van der Waals surface area contributed by atoms with Crippen LogP contribution in [0.25, 0.3) is 0 Å². The number of hydrogen-bond acceptors (Lipinski definition) is 4. The van der Waals surface area contributed by atoms with Gasteiger partial charge in [0.1, 0.15) is 5.25 Å². The van der Waals surface area contributed by atoms with Gasteiger partial charge in [0.25, 0.3) is 10.1 Å². The highest BCUT2D eigenvalue weighted by Crippen LogP contribution is 2.21. The zero-order chi connectivity index (χ0) is 16.3. The van der Waals surface area contributed by atoms with Crippen molar-refractivity contribution >= 4 is 15.9 Å². The Morgan fingerprint density at radius 2 is 1.71 bits per heavy atom. The first-order chi connectivity index (χ1) is 9.88. The van der Waals surface area contributed by atoms with Gasteiger partial charge in [-0.05, 0) is 12.5 Å². The van der Waals surface area contributed by atoms with E-state index >= 15 is 0 Å². The molecular weight excluding hydrogens is 290 g/mol. The van der Waals surface area contributed by atoms with Crippen LogP contribution in [-0.4, -0.2) is 30.5 Å². The molecule has 0 saturated heterocycles. The molecule has 0 amide bonds. The summed E-state index contributed by atoms with van der Waals surface area (Å²) in [6.07, 6.45) is 9.11. The standard InChI is InChI=1S/C15H29NO4S/c1-3-5-6-7-8-9-10-11-13(14(17)4-2)15(12-16)21(18,19)20/h4,13,15H,2-3,5-12,16H2,1H3,(H,18,19,20). The fourth-order valence-electron chi connectivity index (χ4n) is 2.48. The van der Waals surface area contributed by atoms with Crippen molar-refractivity contribution in [3.8, 4) is 0 Å². The number of carbonyl (C=O) groups is 1. The Hall–Kier alpha value is -0.720. The number of hydrogen-bond donors (Lipinski definition) is 2. The molecule has 0 aromatic rings. The van der Waals surface area contributed by atoms with Crippen LogP contribution in [0.4, 0.5) is 0 Å². The molecule has 2 atom stereocenters. The molecule has 6 heteroatoms. The third kappa shape index (κ3) is 8.34. The summed E-state index contributed by atoms with van der Waals surface area (Å²) in [7, 11) is -4.32. The average molecular weight is 319 g/mol. The second kappa shape index (κ2) is 10.9. The average Bonchev–Trinajstić information content (AvgIpc) is 2.42. The van der Waals surface area contributed by atoms with Crippen molar-refractivity contribution in [3.05, 3.63) is 12.7 Å². The van der Waals surface area contributed by atoms with E-state index in [2.05, 4.69) is 13.5 Å². The Bertz CT molecular complexity index is 406. The summed E-state index contributed by atoms with van der Waals surface area (Å²) in [5.74, 6) is -1.16. The normalized spacial score (nSPS) is 14.6. The zero-order valence-electron chi connectivity index (χ0n) is 13.0. The second-order valence-corrected chi connectivity index (χ2v) is 7.05. The molecule has 0 heterocycles. The van der Waals surface area contributed by atoms with Crippen molar-refractivity contribution in [2.24, 2.45) is 11.7 Å². The van der Waals surface area contributed by atoms with Gasteiger partial charge in [0.15, 0.2) is 5.78 Å². The minimum atomic E-state index is -4.32. The molecule has 0 fully saturated rings. The van der Waals surface area contributed by atoms with Crippen LogP contribution in [0.2, 0.25) is 0 Å².